The van der Waals surface area contributed by atoms with Crippen LogP contribution in [0.5, 0.6) is 0 Å². The molecule has 2 saturated heterocycles. The molecule has 3 aromatic rings. The molecule has 0 spiro atoms. The summed E-state index contributed by atoms with van der Waals surface area (Å²) in [4.78, 5) is 44.0. The second kappa shape index (κ2) is 10.4. The van der Waals surface area contributed by atoms with Crippen molar-refractivity contribution in [1.29, 1.82) is 0 Å². The van der Waals surface area contributed by atoms with Crippen molar-refractivity contribution < 1.29 is 18.8 Å². The topological polar surface area (TPSA) is 60.9 Å². The SMILES string of the molecule is O=C(c1cccc(/C=C2\SC(=O)N(Cc3ccccc3)C2=O)c1)N1CCN(c2ccc(F)cc2)CC1. The Hall–Kier alpha value is -3.91. The van der Waals surface area contributed by atoms with Crippen LogP contribution in [0.1, 0.15) is 21.5 Å². The zero-order valence-electron chi connectivity index (χ0n) is 19.5. The predicted molar refractivity (Wildman–Crippen MR) is 139 cm³/mol. The molecule has 0 atom stereocenters. The molecule has 5 rings (SSSR count). The summed E-state index contributed by atoms with van der Waals surface area (Å²) in [5.74, 6) is -0.683. The third-order valence-corrected chi connectivity index (χ3v) is 7.15. The zero-order chi connectivity index (χ0) is 25.1. The fourth-order valence-corrected chi connectivity index (χ4v) is 5.16. The van der Waals surface area contributed by atoms with E-state index in [1.165, 1.54) is 17.0 Å². The van der Waals surface area contributed by atoms with Crippen LogP contribution in [0.25, 0.3) is 6.08 Å². The lowest BCUT2D eigenvalue weighted by Crippen LogP contribution is -2.48. The number of hydrogen-bond donors (Lipinski definition) is 0. The van der Waals surface area contributed by atoms with E-state index in [4.69, 9.17) is 0 Å². The van der Waals surface area contributed by atoms with Crippen molar-refractivity contribution in [1.82, 2.24) is 9.80 Å². The van der Waals surface area contributed by atoms with Crippen LogP contribution in [0.15, 0.2) is 83.8 Å². The van der Waals surface area contributed by atoms with Gasteiger partial charge in [-0.25, -0.2) is 4.39 Å². The fourth-order valence-electron chi connectivity index (χ4n) is 4.32. The Labute approximate surface area is 213 Å². The summed E-state index contributed by atoms with van der Waals surface area (Å²) in [6.45, 7) is 2.65. The minimum Gasteiger partial charge on any atom is -0.368 e. The summed E-state index contributed by atoms with van der Waals surface area (Å²) in [6, 6.07) is 22.9. The van der Waals surface area contributed by atoms with Crippen molar-refractivity contribution in [3.05, 3.63) is 106 Å². The van der Waals surface area contributed by atoms with Gasteiger partial charge in [-0.05, 0) is 65.4 Å². The van der Waals surface area contributed by atoms with Gasteiger partial charge in [-0.1, -0.05) is 42.5 Å². The lowest BCUT2D eigenvalue weighted by molar-refractivity contribution is -0.123. The van der Waals surface area contributed by atoms with Gasteiger partial charge in [0, 0.05) is 37.4 Å². The van der Waals surface area contributed by atoms with E-state index in [1.807, 2.05) is 36.4 Å². The average Bonchev–Trinajstić information content (AvgIpc) is 3.17. The molecular weight excluding hydrogens is 477 g/mol. The van der Waals surface area contributed by atoms with Crippen LogP contribution in [0.2, 0.25) is 0 Å². The van der Waals surface area contributed by atoms with Gasteiger partial charge in [-0.2, -0.15) is 0 Å². The Morgan fingerprint density at radius 3 is 2.33 bits per heavy atom. The molecular formula is C28H24FN3O3S. The summed E-state index contributed by atoms with van der Waals surface area (Å²) in [7, 11) is 0. The number of rotatable bonds is 5. The van der Waals surface area contributed by atoms with Crippen molar-refractivity contribution in [3.8, 4) is 0 Å². The van der Waals surface area contributed by atoms with Crippen LogP contribution >= 0.6 is 11.8 Å². The lowest BCUT2D eigenvalue weighted by atomic mass is 10.1. The molecule has 0 aliphatic carbocycles. The van der Waals surface area contributed by atoms with Crippen molar-refractivity contribution in [2.45, 2.75) is 6.54 Å². The number of anilines is 1. The lowest BCUT2D eigenvalue weighted by Gasteiger charge is -2.36. The number of hydrogen-bond acceptors (Lipinski definition) is 5. The van der Waals surface area contributed by atoms with Gasteiger partial charge in [0.2, 0.25) is 0 Å². The number of imide groups is 1. The van der Waals surface area contributed by atoms with E-state index in [-0.39, 0.29) is 29.4 Å². The first-order chi connectivity index (χ1) is 17.5. The minimum absolute atomic E-state index is 0.0822. The van der Waals surface area contributed by atoms with Gasteiger partial charge < -0.3 is 9.80 Å². The average molecular weight is 502 g/mol. The second-order valence-corrected chi connectivity index (χ2v) is 9.63. The third-order valence-electron chi connectivity index (χ3n) is 6.25. The highest BCUT2D eigenvalue weighted by Crippen LogP contribution is 2.33. The van der Waals surface area contributed by atoms with Crippen molar-refractivity contribution >= 4 is 40.6 Å². The first-order valence-electron chi connectivity index (χ1n) is 11.7. The van der Waals surface area contributed by atoms with Gasteiger partial charge in [0.15, 0.2) is 0 Å². The second-order valence-electron chi connectivity index (χ2n) is 8.63. The molecule has 2 fully saturated rings. The maximum absolute atomic E-state index is 13.2. The van der Waals surface area contributed by atoms with Crippen LogP contribution in [0.4, 0.5) is 14.9 Å². The van der Waals surface area contributed by atoms with Gasteiger partial charge in [-0.15, -0.1) is 0 Å². The molecule has 8 heteroatoms. The van der Waals surface area contributed by atoms with Gasteiger partial charge in [0.1, 0.15) is 5.82 Å². The van der Waals surface area contributed by atoms with E-state index >= 15 is 0 Å². The molecule has 0 radical (unpaired) electrons. The monoisotopic (exact) mass is 501 g/mol. The van der Waals surface area contributed by atoms with E-state index < -0.39 is 0 Å². The molecule has 0 saturated carbocycles. The molecule has 182 valence electrons. The minimum atomic E-state index is -0.331. The Bertz CT molecular complexity index is 1320. The van der Waals surface area contributed by atoms with E-state index in [2.05, 4.69) is 4.90 Å². The number of carbonyl (C=O) groups excluding carboxylic acids is 3. The first-order valence-corrected chi connectivity index (χ1v) is 12.5. The number of nitrogens with zero attached hydrogens (tertiary/aromatic N) is 3. The largest absolute Gasteiger partial charge is 0.368 e. The quantitative estimate of drug-likeness (QED) is 0.459. The maximum atomic E-state index is 13.2. The van der Waals surface area contributed by atoms with Gasteiger partial charge >= 0.3 is 0 Å². The standard InChI is InChI=1S/C28H24FN3O3S/c29-23-9-11-24(12-10-23)30-13-15-31(16-14-30)26(33)22-8-4-7-21(17-22)18-25-27(34)32(28(35)36-25)19-20-5-2-1-3-6-20/h1-12,17-18H,13-16,19H2/b25-18-. The molecule has 0 unspecified atom stereocenters. The molecule has 36 heavy (non-hydrogen) atoms. The van der Waals surface area contributed by atoms with Crippen LogP contribution in [0.3, 0.4) is 0 Å². The number of halogens is 1. The summed E-state index contributed by atoms with van der Waals surface area (Å²) < 4.78 is 13.2. The number of amides is 3. The van der Waals surface area contributed by atoms with E-state index in [9.17, 15) is 18.8 Å². The number of carbonyl (C=O) groups is 3. The molecule has 3 amide bonds. The Morgan fingerprint density at radius 2 is 1.61 bits per heavy atom. The number of piperazine rings is 1. The summed E-state index contributed by atoms with van der Waals surface area (Å²) in [5.41, 5.74) is 3.04. The molecule has 3 aromatic carbocycles. The van der Waals surface area contributed by atoms with Crippen molar-refractivity contribution in [3.63, 3.8) is 0 Å². The molecule has 2 aliphatic heterocycles. The van der Waals surface area contributed by atoms with Crippen molar-refractivity contribution in [2.24, 2.45) is 0 Å². The highest BCUT2D eigenvalue weighted by molar-refractivity contribution is 8.18. The predicted octanol–water partition coefficient (Wildman–Crippen LogP) is 5.02. The molecule has 2 aliphatic rings. The van der Waals surface area contributed by atoms with E-state index in [0.29, 0.717) is 42.2 Å². The smallest absolute Gasteiger partial charge is 0.293 e. The summed E-state index contributed by atoms with van der Waals surface area (Å²) in [5, 5.41) is -0.304. The summed E-state index contributed by atoms with van der Waals surface area (Å²) >= 11 is 0.911. The van der Waals surface area contributed by atoms with Gasteiger partial charge in [0.05, 0.1) is 11.4 Å². The maximum Gasteiger partial charge on any atom is 0.293 e. The molecule has 0 aromatic heterocycles. The first kappa shape index (κ1) is 23.8. The molecule has 2 heterocycles. The Morgan fingerprint density at radius 1 is 0.889 bits per heavy atom. The molecule has 6 nitrogen and oxygen atoms in total. The van der Waals surface area contributed by atoms with Crippen LogP contribution in [-0.2, 0) is 11.3 Å². The van der Waals surface area contributed by atoms with Crippen molar-refractivity contribution in [2.75, 3.05) is 31.1 Å². The fraction of sp³-hybridized carbons (Fsp3) is 0.179. The Balaban J connectivity index is 1.25. The Kier molecular flexibility index (Phi) is 6.86. The normalized spacial score (nSPS) is 17.2. The summed E-state index contributed by atoms with van der Waals surface area (Å²) in [6.07, 6.45) is 1.67. The number of thioether (sulfide) groups is 1. The van der Waals surface area contributed by atoms with Gasteiger partial charge in [-0.3, -0.25) is 19.3 Å². The van der Waals surface area contributed by atoms with Gasteiger partial charge in [0.25, 0.3) is 17.1 Å². The third kappa shape index (κ3) is 5.18. The highest BCUT2D eigenvalue weighted by Gasteiger charge is 2.35. The van der Waals surface area contributed by atoms with Crippen LogP contribution in [0, 0.1) is 5.82 Å². The molecule has 0 bridgehead atoms. The highest BCUT2D eigenvalue weighted by atomic mass is 32.2. The zero-order valence-corrected chi connectivity index (χ0v) is 20.3. The van der Waals surface area contributed by atoms with Crippen LogP contribution < -0.4 is 4.90 Å². The molecule has 0 N–H and O–H groups in total. The number of benzene rings is 3. The van der Waals surface area contributed by atoms with Crippen LogP contribution in [-0.4, -0.2) is 53.0 Å². The van der Waals surface area contributed by atoms with E-state index in [1.54, 1.807) is 41.3 Å². The van der Waals surface area contributed by atoms with E-state index in [0.717, 1.165) is 23.0 Å².